The summed E-state index contributed by atoms with van der Waals surface area (Å²) >= 11 is 0. The number of hydrogen-bond donors (Lipinski definition) is 1. The zero-order chi connectivity index (χ0) is 12.5. The van der Waals surface area contributed by atoms with Crippen molar-refractivity contribution >= 4 is 0 Å². The fourth-order valence-electron chi connectivity index (χ4n) is 3.41. The molecule has 2 aliphatic rings. The van der Waals surface area contributed by atoms with E-state index in [1.54, 1.807) is 7.11 Å². The molecule has 3 unspecified atom stereocenters. The van der Waals surface area contributed by atoms with Crippen LogP contribution in [0.2, 0.25) is 0 Å². The molecule has 3 rings (SSSR count). The highest BCUT2D eigenvalue weighted by atomic mass is 16.5. The van der Waals surface area contributed by atoms with Crippen LogP contribution in [0.3, 0.4) is 0 Å². The van der Waals surface area contributed by atoms with Crippen molar-refractivity contribution in [1.82, 2.24) is 4.90 Å². The van der Waals surface area contributed by atoms with Gasteiger partial charge < -0.3 is 10.5 Å². The zero-order valence-corrected chi connectivity index (χ0v) is 11.0. The fourth-order valence-corrected chi connectivity index (χ4v) is 3.41. The van der Waals surface area contributed by atoms with Crippen molar-refractivity contribution in [2.24, 2.45) is 11.7 Å². The van der Waals surface area contributed by atoms with Gasteiger partial charge in [-0.25, -0.2) is 0 Å². The van der Waals surface area contributed by atoms with Crippen LogP contribution in [-0.2, 0) is 6.54 Å². The summed E-state index contributed by atoms with van der Waals surface area (Å²) in [5.74, 6) is 1.66. The summed E-state index contributed by atoms with van der Waals surface area (Å²) in [6.07, 6.45) is 3.78. The highest BCUT2D eigenvalue weighted by molar-refractivity contribution is 5.27. The maximum atomic E-state index is 6.17. The molecule has 1 aliphatic heterocycles. The second-order valence-electron chi connectivity index (χ2n) is 5.67. The Morgan fingerprint density at radius 1 is 1.28 bits per heavy atom. The summed E-state index contributed by atoms with van der Waals surface area (Å²) in [6, 6.07) is 9.62. The van der Waals surface area contributed by atoms with Gasteiger partial charge in [-0.05, 0) is 42.9 Å². The molecule has 1 heterocycles. The monoisotopic (exact) mass is 246 g/mol. The van der Waals surface area contributed by atoms with Gasteiger partial charge >= 0.3 is 0 Å². The number of nitrogens with zero attached hydrogens (tertiary/aromatic N) is 1. The lowest BCUT2D eigenvalue weighted by Crippen LogP contribution is -2.33. The molecular weight excluding hydrogens is 224 g/mol. The van der Waals surface area contributed by atoms with Crippen LogP contribution >= 0.6 is 0 Å². The Hall–Kier alpha value is -1.06. The number of rotatable bonds is 3. The van der Waals surface area contributed by atoms with E-state index in [9.17, 15) is 0 Å². The van der Waals surface area contributed by atoms with Crippen LogP contribution in [0.4, 0.5) is 0 Å². The first kappa shape index (κ1) is 12.0. The standard InChI is InChI=1S/C15H22N2O/c1-18-14-5-2-11(3-6-14)9-17-10-12-8-13(17)4-7-15(12)16/h2-3,5-6,12-13,15H,4,7-10,16H2,1H3. The normalized spacial score (nSPS) is 31.6. The summed E-state index contributed by atoms with van der Waals surface area (Å²) < 4.78 is 5.19. The van der Waals surface area contributed by atoms with Gasteiger partial charge in [0.2, 0.25) is 0 Å². The van der Waals surface area contributed by atoms with Gasteiger partial charge in [0.05, 0.1) is 7.11 Å². The second kappa shape index (κ2) is 4.90. The molecule has 2 N–H and O–H groups in total. The molecule has 1 saturated heterocycles. The maximum Gasteiger partial charge on any atom is 0.118 e. The molecule has 1 aliphatic carbocycles. The van der Waals surface area contributed by atoms with Crippen LogP contribution in [0.5, 0.6) is 5.75 Å². The van der Waals surface area contributed by atoms with E-state index in [0.29, 0.717) is 6.04 Å². The van der Waals surface area contributed by atoms with Crippen LogP contribution in [0.1, 0.15) is 24.8 Å². The summed E-state index contributed by atoms with van der Waals surface area (Å²) in [5, 5.41) is 0. The summed E-state index contributed by atoms with van der Waals surface area (Å²) in [4.78, 5) is 2.61. The first-order chi connectivity index (χ1) is 8.76. The van der Waals surface area contributed by atoms with Crippen LogP contribution in [0, 0.1) is 5.92 Å². The summed E-state index contributed by atoms with van der Waals surface area (Å²) in [5.41, 5.74) is 7.54. The van der Waals surface area contributed by atoms with Gasteiger partial charge in [-0.2, -0.15) is 0 Å². The van der Waals surface area contributed by atoms with Gasteiger partial charge in [-0.3, -0.25) is 4.90 Å². The third kappa shape index (κ3) is 2.25. The van der Waals surface area contributed by atoms with E-state index in [2.05, 4.69) is 17.0 Å². The number of hydrogen-bond acceptors (Lipinski definition) is 3. The van der Waals surface area contributed by atoms with Crippen molar-refractivity contribution in [3.63, 3.8) is 0 Å². The fraction of sp³-hybridized carbons (Fsp3) is 0.600. The van der Waals surface area contributed by atoms with Crippen molar-refractivity contribution in [2.45, 2.75) is 37.9 Å². The molecule has 0 spiro atoms. The van der Waals surface area contributed by atoms with E-state index in [4.69, 9.17) is 10.5 Å². The van der Waals surface area contributed by atoms with Crippen LogP contribution < -0.4 is 10.5 Å². The summed E-state index contributed by atoms with van der Waals surface area (Å²) in [6.45, 7) is 2.23. The molecule has 3 atom stereocenters. The van der Waals surface area contributed by atoms with E-state index in [-0.39, 0.29) is 0 Å². The van der Waals surface area contributed by atoms with Crippen LogP contribution in [-0.4, -0.2) is 30.6 Å². The topological polar surface area (TPSA) is 38.5 Å². The van der Waals surface area contributed by atoms with Crippen LogP contribution in [0.15, 0.2) is 24.3 Å². The first-order valence-electron chi connectivity index (χ1n) is 6.89. The van der Waals surface area contributed by atoms with Gasteiger partial charge in [-0.15, -0.1) is 0 Å². The minimum Gasteiger partial charge on any atom is -0.497 e. The Balaban J connectivity index is 1.66. The van der Waals surface area contributed by atoms with Crippen molar-refractivity contribution in [1.29, 1.82) is 0 Å². The minimum atomic E-state index is 0.433. The third-order valence-corrected chi connectivity index (χ3v) is 4.54. The Labute approximate surface area is 109 Å². The van der Waals surface area contributed by atoms with E-state index in [0.717, 1.165) is 24.3 Å². The molecular formula is C15H22N2O. The van der Waals surface area contributed by atoms with Crippen molar-refractivity contribution in [3.05, 3.63) is 29.8 Å². The average molecular weight is 246 g/mol. The Bertz CT molecular complexity index is 403. The molecule has 0 radical (unpaired) electrons. The zero-order valence-electron chi connectivity index (χ0n) is 11.0. The van der Waals surface area contributed by atoms with Crippen molar-refractivity contribution < 1.29 is 4.74 Å². The summed E-state index contributed by atoms with van der Waals surface area (Å²) in [7, 11) is 1.71. The van der Waals surface area contributed by atoms with Gasteiger partial charge in [0.15, 0.2) is 0 Å². The molecule has 1 aromatic rings. The quantitative estimate of drug-likeness (QED) is 0.886. The molecule has 0 amide bonds. The number of likely N-dealkylation sites (tertiary alicyclic amines) is 1. The average Bonchev–Trinajstić information content (AvgIpc) is 2.74. The third-order valence-electron chi connectivity index (χ3n) is 4.54. The molecule has 1 saturated carbocycles. The highest BCUT2D eigenvalue weighted by Crippen LogP contribution is 2.35. The molecule has 3 heteroatoms. The van der Waals surface area contributed by atoms with Gasteiger partial charge in [0, 0.05) is 25.2 Å². The van der Waals surface area contributed by atoms with E-state index in [1.807, 2.05) is 12.1 Å². The second-order valence-corrected chi connectivity index (χ2v) is 5.67. The highest BCUT2D eigenvalue weighted by Gasteiger charge is 2.38. The number of fused-ring (bicyclic) bond motifs is 2. The molecule has 3 nitrogen and oxygen atoms in total. The largest absolute Gasteiger partial charge is 0.497 e. The Morgan fingerprint density at radius 3 is 2.72 bits per heavy atom. The molecule has 1 aromatic carbocycles. The molecule has 2 bridgehead atoms. The SMILES string of the molecule is COc1ccc(CN2CC3CC2CCC3N)cc1. The van der Waals surface area contributed by atoms with Crippen LogP contribution in [0.25, 0.3) is 0 Å². The van der Waals surface area contributed by atoms with Gasteiger partial charge in [-0.1, -0.05) is 12.1 Å². The number of benzene rings is 1. The van der Waals surface area contributed by atoms with Crippen molar-refractivity contribution in [3.8, 4) is 5.75 Å². The Morgan fingerprint density at radius 2 is 2.06 bits per heavy atom. The predicted octanol–water partition coefficient (Wildman–Crippen LogP) is 2.01. The molecule has 0 aromatic heterocycles. The van der Waals surface area contributed by atoms with Crippen molar-refractivity contribution in [2.75, 3.05) is 13.7 Å². The minimum absolute atomic E-state index is 0.433. The smallest absolute Gasteiger partial charge is 0.118 e. The van der Waals surface area contributed by atoms with Gasteiger partial charge in [0.1, 0.15) is 5.75 Å². The lowest BCUT2D eigenvalue weighted by atomic mass is 9.86. The van der Waals surface area contributed by atoms with Gasteiger partial charge in [0.25, 0.3) is 0 Å². The number of ether oxygens (including phenoxy) is 1. The van der Waals surface area contributed by atoms with E-state index < -0.39 is 0 Å². The number of nitrogens with two attached hydrogens (primary N) is 1. The first-order valence-corrected chi connectivity index (χ1v) is 6.89. The molecule has 2 fully saturated rings. The van der Waals surface area contributed by atoms with E-state index in [1.165, 1.54) is 31.4 Å². The molecule has 98 valence electrons. The lowest BCUT2D eigenvalue weighted by molar-refractivity contribution is 0.235. The Kier molecular flexibility index (Phi) is 3.27. The molecule has 18 heavy (non-hydrogen) atoms. The van der Waals surface area contributed by atoms with E-state index >= 15 is 0 Å². The predicted molar refractivity (Wildman–Crippen MR) is 72.5 cm³/mol. The maximum absolute atomic E-state index is 6.17. The number of methoxy groups -OCH3 is 1. The lowest BCUT2D eigenvalue weighted by Gasteiger charge is -2.26.